The highest BCUT2D eigenvalue weighted by Gasteiger charge is 2.48. The highest BCUT2D eigenvalue weighted by molar-refractivity contribution is 5.94. The first-order valence-electron chi connectivity index (χ1n) is 11.5. The lowest BCUT2D eigenvalue weighted by atomic mass is 10.0. The first-order chi connectivity index (χ1) is 15.6. The van der Waals surface area contributed by atoms with Crippen molar-refractivity contribution in [2.24, 2.45) is 0 Å². The number of rotatable bonds is 6. The zero-order valence-corrected chi connectivity index (χ0v) is 18.7. The summed E-state index contributed by atoms with van der Waals surface area (Å²) in [6.07, 6.45) is 6.46. The largest absolute Gasteiger partial charge is 0.378 e. The van der Waals surface area contributed by atoms with E-state index in [0.29, 0.717) is 30.6 Å². The quantitative estimate of drug-likeness (QED) is 0.718. The predicted molar refractivity (Wildman–Crippen MR) is 122 cm³/mol. The van der Waals surface area contributed by atoms with Gasteiger partial charge in [0.25, 0.3) is 5.91 Å². The van der Waals surface area contributed by atoms with Crippen LogP contribution in [0.2, 0.25) is 0 Å². The van der Waals surface area contributed by atoms with Crippen LogP contribution in [0, 0.1) is 0 Å². The van der Waals surface area contributed by atoms with Gasteiger partial charge < -0.3 is 25.0 Å². The van der Waals surface area contributed by atoms with Crippen molar-refractivity contribution in [2.75, 3.05) is 37.5 Å². The van der Waals surface area contributed by atoms with Gasteiger partial charge in [0, 0.05) is 43.2 Å². The summed E-state index contributed by atoms with van der Waals surface area (Å²) in [5.41, 5.74) is 2.80. The van der Waals surface area contributed by atoms with Crippen LogP contribution in [0.15, 0.2) is 36.5 Å². The van der Waals surface area contributed by atoms with Gasteiger partial charge in [0.2, 0.25) is 5.95 Å². The van der Waals surface area contributed by atoms with E-state index in [4.69, 9.17) is 14.5 Å². The Balaban J connectivity index is 1.19. The molecular formula is C24H31N5O3. The Labute approximate surface area is 188 Å². The van der Waals surface area contributed by atoms with E-state index in [1.54, 1.807) is 0 Å². The number of carbonyl (C=O) groups is 1. The van der Waals surface area contributed by atoms with E-state index in [0.717, 1.165) is 11.4 Å². The number of amides is 1. The summed E-state index contributed by atoms with van der Waals surface area (Å²) in [6.45, 7) is 0.925. The van der Waals surface area contributed by atoms with Gasteiger partial charge in [-0.2, -0.15) is 0 Å². The van der Waals surface area contributed by atoms with Crippen LogP contribution in [-0.4, -0.2) is 67.5 Å². The summed E-state index contributed by atoms with van der Waals surface area (Å²) >= 11 is 0. The summed E-state index contributed by atoms with van der Waals surface area (Å²) < 4.78 is 12.1. The fraction of sp³-hybridized carbons (Fsp3) is 0.542. The molecule has 3 aliphatic rings. The fourth-order valence-electron chi connectivity index (χ4n) is 4.97. The molecule has 2 aliphatic heterocycles. The van der Waals surface area contributed by atoms with Crippen LogP contribution in [0.4, 0.5) is 11.6 Å². The third kappa shape index (κ3) is 4.29. The summed E-state index contributed by atoms with van der Waals surface area (Å²) in [5.74, 6) is 1.05. The van der Waals surface area contributed by atoms with Gasteiger partial charge in [0.1, 0.15) is 12.2 Å². The number of fused-ring (bicyclic) bond motifs is 1. The van der Waals surface area contributed by atoms with Gasteiger partial charge in [-0.3, -0.25) is 4.79 Å². The molecule has 4 atom stereocenters. The third-order valence-electron chi connectivity index (χ3n) is 6.78. The molecule has 2 N–H and O–H groups in total. The maximum atomic E-state index is 12.7. The Hall–Kier alpha value is -2.71. The number of aromatic nitrogens is 2. The molecule has 1 aromatic heterocycles. The molecule has 0 radical (unpaired) electrons. The van der Waals surface area contributed by atoms with Gasteiger partial charge in [0.05, 0.1) is 25.3 Å². The molecule has 1 aromatic carbocycles. The van der Waals surface area contributed by atoms with E-state index in [1.165, 1.54) is 25.7 Å². The lowest BCUT2D eigenvalue weighted by Crippen LogP contribution is -2.44. The molecule has 1 aliphatic carbocycles. The Morgan fingerprint density at radius 3 is 2.41 bits per heavy atom. The second-order valence-corrected chi connectivity index (χ2v) is 9.15. The van der Waals surface area contributed by atoms with Crippen molar-refractivity contribution in [2.45, 2.75) is 55.9 Å². The van der Waals surface area contributed by atoms with E-state index in [2.05, 4.69) is 15.6 Å². The zero-order valence-electron chi connectivity index (χ0n) is 18.7. The Kier molecular flexibility index (Phi) is 5.97. The van der Waals surface area contributed by atoms with E-state index in [-0.39, 0.29) is 30.2 Å². The smallest absolute Gasteiger partial charge is 0.251 e. The molecule has 2 saturated heterocycles. The summed E-state index contributed by atoms with van der Waals surface area (Å²) in [7, 11) is 3.95. The zero-order chi connectivity index (χ0) is 22.1. The molecule has 0 spiro atoms. The minimum atomic E-state index is -0.185. The lowest BCUT2D eigenvalue weighted by Gasteiger charge is -2.19. The molecule has 0 unspecified atom stereocenters. The van der Waals surface area contributed by atoms with Crippen LogP contribution in [0.1, 0.15) is 47.7 Å². The van der Waals surface area contributed by atoms with Gasteiger partial charge in [-0.05, 0) is 43.2 Å². The van der Waals surface area contributed by atoms with Crippen LogP contribution < -0.4 is 15.5 Å². The van der Waals surface area contributed by atoms with Crippen molar-refractivity contribution in [1.29, 1.82) is 0 Å². The standard InChI is InChI=1S/C24H31N5O3/c1-29(2)17-9-7-16(8-10-17)23(30)26-19-13-31-22-20(14-32-21(19)22)28-24-25-12-11-18(27-24)15-5-3-4-6-15/h7-12,15,19-22H,3-6,13-14H2,1-2H3,(H,26,30)(H,25,27,28)/t19-,20+,21-,22+/m1/s1. The predicted octanol–water partition coefficient (Wildman–Crippen LogP) is 2.58. The molecule has 1 saturated carbocycles. The summed E-state index contributed by atoms with van der Waals surface area (Å²) in [6, 6.07) is 9.36. The van der Waals surface area contributed by atoms with E-state index in [9.17, 15) is 4.79 Å². The van der Waals surface area contributed by atoms with Crippen molar-refractivity contribution in [3.05, 3.63) is 47.8 Å². The van der Waals surface area contributed by atoms with Crippen LogP contribution in [0.25, 0.3) is 0 Å². The highest BCUT2D eigenvalue weighted by Crippen LogP contribution is 2.33. The van der Waals surface area contributed by atoms with Crippen molar-refractivity contribution in [1.82, 2.24) is 15.3 Å². The average molecular weight is 438 g/mol. The van der Waals surface area contributed by atoms with Gasteiger partial charge in [0.15, 0.2) is 0 Å². The van der Waals surface area contributed by atoms with Crippen molar-refractivity contribution >= 4 is 17.5 Å². The van der Waals surface area contributed by atoms with Crippen molar-refractivity contribution in [3.8, 4) is 0 Å². The van der Waals surface area contributed by atoms with Crippen molar-refractivity contribution < 1.29 is 14.3 Å². The van der Waals surface area contributed by atoms with Crippen LogP contribution in [0.5, 0.6) is 0 Å². The molecule has 2 aromatic rings. The number of hydrogen-bond donors (Lipinski definition) is 2. The van der Waals surface area contributed by atoms with E-state index >= 15 is 0 Å². The molecule has 1 amide bonds. The second kappa shape index (κ2) is 9.03. The van der Waals surface area contributed by atoms with Crippen LogP contribution in [-0.2, 0) is 9.47 Å². The number of anilines is 2. The highest BCUT2D eigenvalue weighted by atomic mass is 16.6. The van der Waals surface area contributed by atoms with E-state index in [1.807, 2.05) is 55.5 Å². The third-order valence-corrected chi connectivity index (χ3v) is 6.78. The first kappa shape index (κ1) is 21.2. The van der Waals surface area contributed by atoms with Crippen molar-refractivity contribution in [3.63, 3.8) is 0 Å². The van der Waals surface area contributed by atoms with Crippen LogP contribution >= 0.6 is 0 Å². The topological polar surface area (TPSA) is 88.6 Å². The molecule has 32 heavy (non-hydrogen) atoms. The Morgan fingerprint density at radius 1 is 1.00 bits per heavy atom. The SMILES string of the molecule is CN(C)c1ccc(C(=O)N[C@@H]2CO[C@@H]3[C@@H]2OC[C@@H]3Nc2nccc(C3CCCC3)n2)cc1. The minimum absolute atomic E-state index is 0.0416. The molecule has 3 fully saturated rings. The number of nitrogens with zero attached hydrogens (tertiary/aromatic N) is 3. The summed E-state index contributed by atoms with van der Waals surface area (Å²) in [5, 5.41) is 6.49. The monoisotopic (exact) mass is 437 g/mol. The Bertz CT molecular complexity index is 945. The molecular weight excluding hydrogens is 406 g/mol. The molecule has 8 nitrogen and oxygen atoms in total. The molecule has 5 rings (SSSR count). The maximum absolute atomic E-state index is 12.7. The molecule has 3 heterocycles. The van der Waals surface area contributed by atoms with Gasteiger partial charge >= 0.3 is 0 Å². The number of hydrogen-bond acceptors (Lipinski definition) is 7. The Morgan fingerprint density at radius 2 is 1.69 bits per heavy atom. The molecule has 0 bridgehead atoms. The van der Waals surface area contributed by atoms with Crippen LogP contribution in [0.3, 0.4) is 0 Å². The number of benzene rings is 1. The normalized spacial score (nSPS) is 27.3. The van der Waals surface area contributed by atoms with E-state index < -0.39 is 0 Å². The number of carbonyl (C=O) groups excluding carboxylic acids is 1. The average Bonchev–Trinajstić information content (AvgIpc) is 3.55. The summed E-state index contributed by atoms with van der Waals surface area (Å²) in [4.78, 5) is 23.9. The second-order valence-electron chi connectivity index (χ2n) is 9.15. The minimum Gasteiger partial charge on any atom is -0.378 e. The molecule has 8 heteroatoms. The lowest BCUT2D eigenvalue weighted by molar-refractivity contribution is 0.0652. The maximum Gasteiger partial charge on any atom is 0.251 e. The fourth-order valence-corrected chi connectivity index (χ4v) is 4.97. The van der Waals surface area contributed by atoms with Gasteiger partial charge in [-0.25, -0.2) is 9.97 Å². The molecule has 170 valence electrons. The van der Waals surface area contributed by atoms with Gasteiger partial charge in [-0.15, -0.1) is 0 Å². The number of ether oxygens (including phenoxy) is 2. The van der Waals surface area contributed by atoms with Gasteiger partial charge in [-0.1, -0.05) is 12.8 Å². The first-order valence-corrected chi connectivity index (χ1v) is 11.5. The number of nitrogens with one attached hydrogen (secondary N) is 2.